The van der Waals surface area contributed by atoms with Gasteiger partial charge in [0.25, 0.3) is 0 Å². The van der Waals surface area contributed by atoms with E-state index in [1.54, 1.807) is 11.1 Å². The molecule has 20 heavy (non-hydrogen) atoms. The molecule has 0 spiro atoms. The van der Waals surface area contributed by atoms with E-state index in [-0.39, 0.29) is 12.1 Å². The molecule has 1 saturated heterocycles. The molecule has 0 unspecified atom stereocenters. The second-order valence-corrected chi connectivity index (χ2v) is 6.30. The molecule has 0 radical (unpaired) electrons. The quantitative estimate of drug-likeness (QED) is 0.856. The Balaban J connectivity index is 2.21. The van der Waals surface area contributed by atoms with Crippen LogP contribution < -0.4 is 5.73 Å². The van der Waals surface area contributed by atoms with E-state index in [2.05, 4.69) is 4.98 Å². The highest BCUT2D eigenvalue weighted by Crippen LogP contribution is 2.34. The maximum Gasteiger partial charge on any atom is 0.410 e. The lowest BCUT2D eigenvalue weighted by molar-refractivity contribution is 0.0224. The van der Waals surface area contributed by atoms with Gasteiger partial charge in [-0.05, 0) is 57.7 Å². The van der Waals surface area contributed by atoms with Gasteiger partial charge in [-0.15, -0.1) is 0 Å². The Morgan fingerprint density at radius 1 is 1.50 bits per heavy atom. The zero-order chi connectivity index (χ0) is 14.9. The van der Waals surface area contributed by atoms with Gasteiger partial charge in [-0.3, -0.25) is 0 Å². The fraction of sp³-hybridized carbons (Fsp3) is 0.600. The molecule has 1 atom stereocenters. The molecule has 2 N–H and O–H groups in total. The summed E-state index contributed by atoms with van der Waals surface area (Å²) in [7, 11) is 0. The summed E-state index contributed by atoms with van der Waals surface area (Å²) in [5.74, 6) is 0.507. The van der Waals surface area contributed by atoms with E-state index >= 15 is 0 Å². The zero-order valence-corrected chi connectivity index (χ0v) is 12.6. The summed E-state index contributed by atoms with van der Waals surface area (Å²) in [5, 5.41) is 0. The first-order valence-electron chi connectivity index (χ1n) is 6.99. The van der Waals surface area contributed by atoms with Crippen LogP contribution in [0.3, 0.4) is 0 Å². The minimum atomic E-state index is -0.474. The van der Waals surface area contributed by atoms with Gasteiger partial charge in [0.1, 0.15) is 11.4 Å². The van der Waals surface area contributed by atoms with Crippen molar-refractivity contribution in [2.75, 3.05) is 12.3 Å². The predicted molar refractivity (Wildman–Crippen MR) is 78.3 cm³/mol. The fourth-order valence-electron chi connectivity index (χ4n) is 2.57. The van der Waals surface area contributed by atoms with Crippen LogP contribution in [0.2, 0.25) is 0 Å². The van der Waals surface area contributed by atoms with Crippen molar-refractivity contribution < 1.29 is 9.53 Å². The topological polar surface area (TPSA) is 68.5 Å². The minimum absolute atomic E-state index is 0.0398. The van der Waals surface area contributed by atoms with Gasteiger partial charge in [-0.2, -0.15) is 0 Å². The number of nitrogens with two attached hydrogens (primary N) is 1. The number of ether oxygens (including phenoxy) is 1. The molecule has 0 aliphatic carbocycles. The molecule has 1 aromatic heterocycles. The molecule has 0 aromatic carbocycles. The molecule has 1 aliphatic heterocycles. The number of amides is 1. The number of hydrogen-bond donors (Lipinski definition) is 1. The maximum absolute atomic E-state index is 12.3. The van der Waals surface area contributed by atoms with Crippen molar-refractivity contribution in [1.29, 1.82) is 0 Å². The molecule has 1 aromatic rings. The molecule has 5 nitrogen and oxygen atoms in total. The highest BCUT2D eigenvalue weighted by atomic mass is 16.6. The largest absolute Gasteiger partial charge is 0.444 e. The average Bonchev–Trinajstić information content (AvgIpc) is 2.75. The van der Waals surface area contributed by atoms with Gasteiger partial charge in [-0.25, -0.2) is 9.78 Å². The predicted octanol–water partition coefficient (Wildman–Crippen LogP) is 3.04. The van der Waals surface area contributed by atoms with Gasteiger partial charge in [0.2, 0.25) is 0 Å². The van der Waals surface area contributed by atoms with Crippen molar-refractivity contribution in [2.45, 2.75) is 52.2 Å². The summed E-state index contributed by atoms with van der Waals surface area (Å²) in [6.07, 6.45) is 3.44. The molecule has 1 fully saturated rings. The molecule has 110 valence electrons. The Morgan fingerprint density at radius 2 is 2.20 bits per heavy atom. The summed E-state index contributed by atoms with van der Waals surface area (Å²) >= 11 is 0. The van der Waals surface area contributed by atoms with Crippen molar-refractivity contribution in [1.82, 2.24) is 9.88 Å². The molecule has 0 saturated carbocycles. The molecular formula is C15H23N3O2. The number of rotatable bonds is 1. The molecule has 5 heteroatoms. The van der Waals surface area contributed by atoms with Crippen LogP contribution in [0, 0.1) is 6.92 Å². The van der Waals surface area contributed by atoms with Gasteiger partial charge in [0, 0.05) is 12.7 Å². The third-order valence-corrected chi connectivity index (χ3v) is 3.41. The summed E-state index contributed by atoms with van der Waals surface area (Å²) in [5.41, 5.74) is 7.34. The van der Waals surface area contributed by atoms with Gasteiger partial charge < -0.3 is 15.4 Å². The first-order chi connectivity index (χ1) is 9.28. The van der Waals surface area contributed by atoms with E-state index in [1.165, 1.54) is 0 Å². The molecule has 2 heterocycles. The lowest BCUT2D eigenvalue weighted by Gasteiger charge is -2.29. The number of aromatic nitrogens is 1. The average molecular weight is 277 g/mol. The van der Waals surface area contributed by atoms with E-state index in [1.807, 2.05) is 33.8 Å². The van der Waals surface area contributed by atoms with Crippen LogP contribution in [0.1, 0.15) is 50.8 Å². The maximum atomic E-state index is 12.3. The molecule has 1 amide bonds. The highest BCUT2D eigenvalue weighted by Gasteiger charge is 2.33. The Hall–Kier alpha value is -1.78. The number of nitrogen functional groups attached to an aromatic ring is 1. The summed E-state index contributed by atoms with van der Waals surface area (Å²) in [6, 6.07) is 1.89. The Bertz CT molecular complexity index is 508. The minimum Gasteiger partial charge on any atom is -0.444 e. The fourth-order valence-corrected chi connectivity index (χ4v) is 2.57. The number of hydrogen-bond acceptors (Lipinski definition) is 4. The number of pyridine rings is 1. The molecular weight excluding hydrogens is 254 g/mol. The van der Waals surface area contributed by atoms with Crippen LogP contribution in [-0.2, 0) is 4.74 Å². The van der Waals surface area contributed by atoms with Gasteiger partial charge in [0.05, 0.1) is 6.04 Å². The molecule has 0 bridgehead atoms. The van der Waals surface area contributed by atoms with E-state index in [0.717, 1.165) is 30.5 Å². The summed E-state index contributed by atoms with van der Waals surface area (Å²) in [6.45, 7) is 8.37. The Morgan fingerprint density at radius 3 is 2.80 bits per heavy atom. The van der Waals surface area contributed by atoms with Crippen LogP contribution >= 0.6 is 0 Å². The van der Waals surface area contributed by atoms with Crippen molar-refractivity contribution >= 4 is 11.9 Å². The Labute approximate surface area is 120 Å². The van der Waals surface area contributed by atoms with E-state index < -0.39 is 5.60 Å². The third-order valence-electron chi connectivity index (χ3n) is 3.41. The number of carbonyl (C=O) groups excluding carboxylic acids is 1. The summed E-state index contributed by atoms with van der Waals surface area (Å²) in [4.78, 5) is 18.2. The molecule has 2 rings (SSSR count). The standard InChI is InChI=1S/C15H23N3O2/c1-10-8-13(16)17-9-11(10)12-6-5-7-18(12)14(19)20-15(2,3)4/h8-9,12H,5-7H2,1-4H3,(H2,16,17)/t12-/m1/s1. The Kier molecular flexibility index (Phi) is 3.88. The van der Waals surface area contributed by atoms with E-state index in [9.17, 15) is 4.79 Å². The normalized spacial score (nSPS) is 19.2. The van der Waals surface area contributed by atoms with Gasteiger partial charge in [-0.1, -0.05) is 0 Å². The summed E-state index contributed by atoms with van der Waals surface area (Å²) < 4.78 is 5.48. The zero-order valence-electron chi connectivity index (χ0n) is 12.6. The van der Waals surface area contributed by atoms with E-state index in [4.69, 9.17) is 10.5 Å². The third kappa shape index (κ3) is 3.21. The van der Waals surface area contributed by atoms with Crippen molar-refractivity contribution in [3.63, 3.8) is 0 Å². The second-order valence-electron chi connectivity index (χ2n) is 6.30. The van der Waals surface area contributed by atoms with Gasteiger partial charge >= 0.3 is 6.09 Å². The van der Waals surface area contributed by atoms with Crippen LogP contribution in [0.25, 0.3) is 0 Å². The first-order valence-corrected chi connectivity index (χ1v) is 6.99. The van der Waals surface area contributed by atoms with Crippen molar-refractivity contribution in [3.8, 4) is 0 Å². The molecule has 1 aliphatic rings. The van der Waals surface area contributed by atoms with Crippen LogP contribution in [0.4, 0.5) is 10.6 Å². The van der Waals surface area contributed by atoms with Crippen LogP contribution in [-0.4, -0.2) is 28.1 Å². The smallest absolute Gasteiger partial charge is 0.410 e. The number of carbonyl (C=O) groups is 1. The lowest BCUT2D eigenvalue weighted by Crippen LogP contribution is -2.36. The van der Waals surface area contributed by atoms with E-state index in [0.29, 0.717) is 5.82 Å². The highest BCUT2D eigenvalue weighted by molar-refractivity contribution is 5.69. The lowest BCUT2D eigenvalue weighted by atomic mass is 10.0. The number of anilines is 1. The van der Waals surface area contributed by atoms with Crippen molar-refractivity contribution in [2.24, 2.45) is 0 Å². The SMILES string of the molecule is Cc1cc(N)ncc1[C@H]1CCCN1C(=O)OC(C)(C)C. The first kappa shape index (κ1) is 14.6. The second kappa shape index (κ2) is 5.31. The van der Waals surface area contributed by atoms with Gasteiger partial charge in [0.15, 0.2) is 0 Å². The number of likely N-dealkylation sites (tertiary alicyclic amines) is 1. The number of nitrogens with zero attached hydrogens (tertiary/aromatic N) is 2. The van der Waals surface area contributed by atoms with Crippen LogP contribution in [0.15, 0.2) is 12.3 Å². The van der Waals surface area contributed by atoms with Crippen molar-refractivity contribution in [3.05, 3.63) is 23.4 Å². The van der Waals surface area contributed by atoms with Crippen LogP contribution in [0.5, 0.6) is 0 Å². The monoisotopic (exact) mass is 277 g/mol. The number of aryl methyl sites for hydroxylation is 1.